The molecule has 9 nitrogen and oxygen atoms in total. The van der Waals surface area contributed by atoms with Crippen molar-refractivity contribution in [3.05, 3.63) is 84.2 Å². The monoisotopic (exact) mass is 575 g/mol. The molecule has 43 heavy (non-hydrogen) atoms. The number of piperidine rings is 1. The normalized spacial score (nSPS) is 18.1. The van der Waals surface area contributed by atoms with Gasteiger partial charge in [-0.3, -0.25) is 19.6 Å². The fourth-order valence-corrected chi connectivity index (χ4v) is 6.99. The largest absolute Gasteiger partial charge is 0.464 e. The van der Waals surface area contributed by atoms with E-state index in [9.17, 15) is 14.4 Å². The summed E-state index contributed by atoms with van der Waals surface area (Å²) in [4.78, 5) is 57.1. The van der Waals surface area contributed by atoms with Gasteiger partial charge in [-0.15, -0.1) is 0 Å². The summed E-state index contributed by atoms with van der Waals surface area (Å²) >= 11 is 0. The van der Waals surface area contributed by atoms with E-state index >= 15 is 0 Å². The number of methoxy groups -OCH3 is 1. The van der Waals surface area contributed by atoms with Crippen LogP contribution >= 0.6 is 0 Å². The quantitative estimate of drug-likeness (QED) is 0.296. The van der Waals surface area contributed by atoms with Gasteiger partial charge in [-0.2, -0.15) is 0 Å². The zero-order valence-corrected chi connectivity index (χ0v) is 24.4. The minimum atomic E-state index is -0.696. The molecule has 1 saturated heterocycles. The van der Waals surface area contributed by atoms with Crippen LogP contribution in [0.15, 0.2) is 67.3 Å². The molecule has 9 heteroatoms. The van der Waals surface area contributed by atoms with Crippen molar-refractivity contribution in [3.63, 3.8) is 0 Å². The van der Waals surface area contributed by atoms with Crippen molar-refractivity contribution in [1.29, 1.82) is 0 Å². The smallest absolute Gasteiger partial charge is 0.356 e. The molecule has 0 bridgehead atoms. The van der Waals surface area contributed by atoms with Gasteiger partial charge in [0, 0.05) is 53.6 Å². The Kier molecular flexibility index (Phi) is 6.49. The van der Waals surface area contributed by atoms with Crippen LogP contribution in [0.25, 0.3) is 21.9 Å². The Hall–Kier alpha value is -4.66. The molecular formula is C34H33N5O4. The SMILES string of the molecule is CCC1(C(=O)N2CCC3(CC2)C(=O)N(Cc2ncc4ccccc4c2-c2ccc(C(=O)OC)nc2)c2cnccc23)CC1. The van der Waals surface area contributed by atoms with Crippen LogP contribution < -0.4 is 4.90 Å². The second-order valence-corrected chi connectivity index (χ2v) is 11.9. The molecule has 2 amide bonds. The average Bonchev–Trinajstić information content (AvgIpc) is 3.84. The summed E-state index contributed by atoms with van der Waals surface area (Å²) in [6.45, 7) is 3.48. The first kappa shape index (κ1) is 27.2. The number of aromatic nitrogens is 3. The summed E-state index contributed by atoms with van der Waals surface area (Å²) in [5.41, 5.74) is 3.47. The number of likely N-dealkylation sites (tertiary alicyclic amines) is 1. The van der Waals surface area contributed by atoms with Crippen molar-refractivity contribution < 1.29 is 19.1 Å². The fourth-order valence-electron chi connectivity index (χ4n) is 6.99. The number of ether oxygens (including phenoxy) is 1. The molecule has 2 fully saturated rings. The second kappa shape index (κ2) is 10.3. The first-order valence-electron chi connectivity index (χ1n) is 14.9. The highest BCUT2D eigenvalue weighted by molar-refractivity contribution is 6.08. The topological polar surface area (TPSA) is 106 Å². The molecule has 218 valence electrons. The molecule has 1 aromatic carbocycles. The Balaban J connectivity index is 1.24. The maximum Gasteiger partial charge on any atom is 0.356 e. The third-order valence-electron chi connectivity index (χ3n) is 9.78. The zero-order valence-electron chi connectivity index (χ0n) is 24.4. The molecule has 1 saturated carbocycles. The van der Waals surface area contributed by atoms with E-state index in [0.717, 1.165) is 58.1 Å². The Bertz CT molecular complexity index is 1760. The van der Waals surface area contributed by atoms with Gasteiger partial charge in [0.05, 0.1) is 36.6 Å². The zero-order chi connectivity index (χ0) is 29.8. The van der Waals surface area contributed by atoms with Crippen molar-refractivity contribution in [2.75, 3.05) is 25.1 Å². The van der Waals surface area contributed by atoms with Crippen molar-refractivity contribution >= 4 is 34.2 Å². The van der Waals surface area contributed by atoms with Crippen LogP contribution in [0.5, 0.6) is 0 Å². The van der Waals surface area contributed by atoms with E-state index in [4.69, 9.17) is 9.72 Å². The third kappa shape index (κ3) is 4.28. The van der Waals surface area contributed by atoms with Crippen LogP contribution in [0.1, 0.15) is 60.8 Å². The van der Waals surface area contributed by atoms with E-state index in [1.807, 2.05) is 52.4 Å². The first-order chi connectivity index (χ1) is 20.9. The molecule has 7 rings (SSSR count). The third-order valence-corrected chi connectivity index (χ3v) is 9.78. The number of rotatable bonds is 6. The maximum absolute atomic E-state index is 14.5. The van der Waals surface area contributed by atoms with E-state index < -0.39 is 11.4 Å². The predicted octanol–water partition coefficient (Wildman–Crippen LogP) is 5.08. The van der Waals surface area contributed by atoms with Gasteiger partial charge in [-0.1, -0.05) is 37.3 Å². The summed E-state index contributed by atoms with van der Waals surface area (Å²) in [6, 6.07) is 13.4. The number of benzene rings is 1. The molecule has 0 N–H and O–H groups in total. The van der Waals surface area contributed by atoms with Crippen molar-refractivity contribution in [1.82, 2.24) is 19.9 Å². The molecule has 5 heterocycles. The van der Waals surface area contributed by atoms with Gasteiger partial charge < -0.3 is 14.5 Å². The molecule has 3 aromatic heterocycles. The van der Waals surface area contributed by atoms with E-state index in [2.05, 4.69) is 16.9 Å². The molecule has 1 spiro atoms. The Labute approximate surface area is 249 Å². The van der Waals surface area contributed by atoms with Gasteiger partial charge in [0.1, 0.15) is 5.69 Å². The van der Waals surface area contributed by atoms with E-state index in [0.29, 0.717) is 25.9 Å². The lowest BCUT2D eigenvalue weighted by atomic mass is 9.73. The van der Waals surface area contributed by atoms with Crippen LogP contribution in [0.3, 0.4) is 0 Å². The summed E-state index contributed by atoms with van der Waals surface area (Å²) in [5, 5.41) is 1.94. The van der Waals surface area contributed by atoms with Crippen LogP contribution in [-0.4, -0.2) is 57.8 Å². The van der Waals surface area contributed by atoms with E-state index in [1.165, 1.54) is 7.11 Å². The van der Waals surface area contributed by atoms with E-state index in [1.54, 1.807) is 24.7 Å². The first-order valence-corrected chi connectivity index (χ1v) is 14.9. The minimum absolute atomic E-state index is 0.0271. The number of carbonyl (C=O) groups excluding carboxylic acids is 3. The van der Waals surface area contributed by atoms with Crippen LogP contribution in [0.4, 0.5) is 5.69 Å². The number of fused-ring (bicyclic) bond motifs is 3. The number of hydrogen-bond donors (Lipinski definition) is 0. The average molecular weight is 576 g/mol. The highest BCUT2D eigenvalue weighted by atomic mass is 16.5. The predicted molar refractivity (Wildman–Crippen MR) is 161 cm³/mol. The Morgan fingerprint density at radius 2 is 1.74 bits per heavy atom. The van der Waals surface area contributed by atoms with Crippen LogP contribution in [0, 0.1) is 5.41 Å². The molecular weight excluding hydrogens is 542 g/mol. The maximum atomic E-state index is 14.5. The van der Waals surface area contributed by atoms with E-state index in [-0.39, 0.29) is 29.5 Å². The molecule has 0 radical (unpaired) electrons. The second-order valence-electron chi connectivity index (χ2n) is 11.9. The lowest BCUT2D eigenvalue weighted by Gasteiger charge is -2.39. The number of carbonyl (C=O) groups is 3. The van der Waals surface area contributed by atoms with Gasteiger partial charge in [-0.05, 0) is 55.2 Å². The van der Waals surface area contributed by atoms with Crippen molar-refractivity contribution in [3.8, 4) is 11.1 Å². The fraction of sp³-hybridized carbons (Fsp3) is 0.353. The number of hydrogen-bond acceptors (Lipinski definition) is 7. The Morgan fingerprint density at radius 3 is 2.44 bits per heavy atom. The molecule has 2 aliphatic heterocycles. The number of esters is 1. The number of pyridine rings is 3. The van der Waals surface area contributed by atoms with Gasteiger partial charge in [0.15, 0.2) is 0 Å². The van der Waals surface area contributed by atoms with Crippen LogP contribution in [0.2, 0.25) is 0 Å². The lowest BCUT2D eigenvalue weighted by Crippen LogP contribution is -2.51. The standard InChI is InChI=1S/C34H33N5O4/c1-3-33(11-12-33)31(41)38-16-13-34(14-17-38)25-10-15-35-20-28(25)39(32(34)42)21-27-29(24-7-5-4-6-22(24)18-37-27)23-8-9-26(36-19-23)30(40)43-2/h4-10,15,18-20H,3,11-14,16-17,21H2,1-2H3. The molecule has 3 aliphatic rings. The minimum Gasteiger partial charge on any atom is -0.464 e. The molecule has 0 atom stereocenters. The van der Waals surface area contributed by atoms with Gasteiger partial charge >= 0.3 is 5.97 Å². The lowest BCUT2D eigenvalue weighted by molar-refractivity contribution is -0.140. The number of nitrogens with zero attached hydrogens (tertiary/aromatic N) is 5. The highest BCUT2D eigenvalue weighted by Gasteiger charge is 2.55. The Morgan fingerprint density at radius 1 is 0.953 bits per heavy atom. The summed E-state index contributed by atoms with van der Waals surface area (Å²) in [7, 11) is 1.33. The molecule has 0 unspecified atom stereocenters. The summed E-state index contributed by atoms with van der Waals surface area (Å²) in [5.74, 6) is -0.229. The van der Waals surface area contributed by atoms with Gasteiger partial charge in [-0.25, -0.2) is 9.78 Å². The summed E-state index contributed by atoms with van der Waals surface area (Å²) in [6.07, 6.45) is 11.0. The highest BCUT2D eigenvalue weighted by Crippen LogP contribution is 2.52. The molecule has 4 aromatic rings. The van der Waals surface area contributed by atoms with Crippen molar-refractivity contribution in [2.45, 2.75) is 51.0 Å². The number of amides is 2. The summed E-state index contributed by atoms with van der Waals surface area (Å²) < 4.78 is 4.82. The van der Waals surface area contributed by atoms with Gasteiger partial charge in [0.2, 0.25) is 11.8 Å². The molecule has 1 aliphatic carbocycles. The van der Waals surface area contributed by atoms with Gasteiger partial charge in [0.25, 0.3) is 0 Å². The van der Waals surface area contributed by atoms with Crippen LogP contribution in [-0.2, 0) is 26.3 Å². The van der Waals surface area contributed by atoms with Crippen molar-refractivity contribution in [2.24, 2.45) is 5.41 Å². The number of anilines is 1.